The Bertz CT molecular complexity index is 123. The molecule has 0 N–H and O–H groups in total. The van der Waals surface area contributed by atoms with Gasteiger partial charge in [0.25, 0.3) is 0 Å². The van der Waals surface area contributed by atoms with Crippen molar-refractivity contribution >= 4 is 24.0 Å². The Kier molecular flexibility index (Phi) is 3.95. The molecule has 0 aliphatic heterocycles. The van der Waals surface area contributed by atoms with Crippen LogP contribution in [0.5, 0.6) is 0 Å². The summed E-state index contributed by atoms with van der Waals surface area (Å²) in [5, 5.41) is 0. The second kappa shape index (κ2) is 3.95. The highest BCUT2D eigenvalue weighted by atomic mass is 127. The van der Waals surface area contributed by atoms with Crippen LogP contribution in [-0.2, 0) is 6.42 Å². The molecule has 0 aliphatic rings. The van der Waals surface area contributed by atoms with E-state index in [4.69, 9.17) is 4.42 Å². The van der Waals surface area contributed by atoms with E-state index in [1.54, 1.807) is 6.26 Å². The van der Waals surface area contributed by atoms with Gasteiger partial charge in [0.05, 0.1) is 6.26 Å². The first-order chi connectivity index (χ1) is 3.43. The molecule has 0 amide bonds. The van der Waals surface area contributed by atoms with Crippen molar-refractivity contribution in [3.05, 3.63) is 24.2 Å². The molecule has 1 heterocycles. The lowest BCUT2D eigenvalue weighted by Crippen LogP contribution is -1.66. The van der Waals surface area contributed by atoms with Crippen LogP contribution in [-0.4, -0.2) is 0 Å². The SMILES string of the molecule is CCc1ccco1.I. The molecule has 0 unspecified atom stereocenters. The van der Waals surface area contributed by atoms with E-state index in [1.165, 1.54) is 0 Å². The zero-order valence-electron chi connectivity index (χ0n) is 4.76. The third-order valence-corrected chi connectivity index (χ3v) is 0.929. The average Bonchev–Trinajstić information content (AvgIpc) is 2.14. The minimum atomic E-state index is 0. The lowest BCUT2D eigenvalue weighted by atomic mass is 10.4. The Morgan fingerprint density at radius 3 is 2.62 bits per heavy atom. The molecule has 0 spiro atoms. The highest BCUT2D eigenvalue weighted by molar-refractivity contribution is 14.0. The van der Waals surface area contributed by atoms with Crippen LogP contribution in [0, 0.1) is 0 Å². The van der Waals surface area contributed by atoms with Gasteiger partial charge in [0.2, 0.25) is 0 Å². The molecular weight excluding hydrogens is 215 g/mol. The first-order valence-corrected chi connectivity index (χ1v) is 2.46. The van der Waals surface area contributed by atoms with Gasteiger partial charge in [0, 0.05) is 6.42 Å². The number of rotatable bonds is 1. The fourth-order valence-corrected chi connectivity index (χ4v) is 0.514. The summed E-state index contributed by atoms with van der Waals surface area (Å²) in [5.41, 5.74) is 0. The summed E-state index contributed by atoms with van der Waals surface area (Å²) in [6.07, 6.45) is 2.69. The molecule has 46 valence electrons. The maximum atomic E-state index is 4.98. The van der Waals surface area contributed by atoms with E-state index >= 15 is 0 Å². The van der Waals surface area contributed by atoms with E-state index in [-0.39, 0.29) is 24.0 Å². The van der Waals surface area contributed by atoms with Crippen LogP contribution in [0.25, 0.3) is 0 Å². The molecule has 2 heteroatoms. The molecule has 0 aromatic carbocycles. The van der Waals surface area contributed by atoms with Gasteiger partial charge in [-0.05, 0) is 12.1 Å². The standard InChI is InChI=1S/C6H8O.HI/c1-2-6-4-3-5-7-6;/h3-5H,2H2,1H3;1H. The van der Waals surface area contributed by atoms with Gasteiger partial charge in [-0.1, -0.05) is 6.92 Å². The molecule has 0 bridgehead atoms. The molecule has 0 saturated carbocycles. The minimum Gasteiger partial charge on any atom is -0.469 e. The second-order valence-corrected chi connectivity index (χ2v) is 1.43. The highest BCUT2D eigenvalue weighted by Crippen LogP contribution is 1.98. The van der Waals surface area contributed by atoms with Crippen LogP contribution in [0.15, 0.2) is 22.8 Å². The maximum Gasteiger partial charge on any atom is 0.103 e. The lowest BCUT2D eigenvalue weighted by molar-refractivity contribution is 0.516. The van der Waals surface area contributed by atoms with Gasteiger partial charge in [-0.15, -0.1) is 24.0 Å². The second-order valence-electron chi connectivity index (χ2n) is 1.43. The number of halogens is 1. The molecule has 0 fully saturated rings. The van der Waals surface area contributed by atoms with Gasteiger partial charge in [-0.2, -0.15) is 0 Å². The quantitative estimate of drug-likeness (QED) is 0.668. The highest BCUT2D eigenvalue weighted by Gasteiger charge is 1.84. The zero-order chi connectivity index (χ0) is 5.11. The Labute approximate surface area is 66.1 Å². The van der Waals surface area contributed by atoms with Gasteiger partial charge in [-0.3, -0.25) is 0 Å². The monoisotopic (exact) mass is 224 g/mol. The van der Waals surface area contributed by atoms with Crippen molar-refractivity contribution in [2.24, 2.45) is 0 Å². The molecule has 1 aromatic rings. The zero-order valence-corrected chi connectivity index (χ0v) is 7.09. The number of furan rings is 1. The van der Waals surface area contributed by atoms with Crippen LogP contribution in [0.4, 0.5) is 0 Å². The van der Waals surface area contributed by atoms with Crippen LogP contribution < -0.4 is 0 Å². The van der Waals surface area contributed by atoms with E-state index in [9.17, 15) is 0 Å². The van der Waals surface area contributed by atoms with E-state index < -0.39 is 0 Å². The van der Waals surface area contributed by atoms with E-state index in [2.05, 4.69) is 6.92 Å². The number of aryl methyl sites for hydroxylation is 1. The van der Waals surface area contributed by atoms with Crippen molar-refractivity contribution in [1.82, 2.24) is 0 Å². The largest absolute Gasteiger partial charge is 0.469 e. The third kappa shape index (κ3) is 1.86. The summed E-state index contributed by atoms with van der Waals surface area (Å²) in [7, 11) is 0. The first-order valence-electron chi connectivity index (χ1n) is 2.46. The Morgan fingerprint density at radius 1 is 1.62 bits per heavy atom. The molecule has 0 radical (unpaired) electrons. The van der Waals surface area contributed by atoms with Crippen LogP contribution in [0.3, 0.4) is 0 Å². The van der Waals surface area contributed by atoms with Crippen molar-refractivity contribution in [2.45, 2.75) is 13.3 Å². The summed E-state index contributed by atoms with van der Waals surface area (Å²) in [5.74, 6) is 1.06. The molecule has 0 saturated heterocycles. The Morgan fingerprint density at radius 2 is 2.38 bits per heavy atom. The molecular formula is C6H9IO. The van der Waals surface area contributed by atoms with E-state index in [1.807, 2.05) is 12.1 Å². The predicted octanol–water partition coefficient (Wildman–Crippen LogP) is 2.46. The summed E-state index contributed by atoms with van der Waals surface area (Å²) in [6, 6.07) is 3.87. The van der Waals surface area contributed by atoms with E-state index in [0.717, 1.165) is 12.2 Å². The normalized spacial score (nSPS) is 8.12. The predicted molar refractivity (Wildman–Crippen MR) is 43.5 cm³/mol. The summed E-state index contributed by atoms with van der Waals surface area (Å²) in [6.45, 7) is 2.07. The molecule has 1 nitrogen and oxygen atoms in total. The van der Waals surface area contributed by atoms with Crippen molar-refractivity contribution in [1.29, 1.82) is 0 Å². The van der Waals surface area contributed by atoms with Crippen LogP contribution >= 0.6 is 24.0 Å². The van der Waals surface area contributed by atoms with Gasteiger partial charge >= 0.3 is 0 Å². The molecule has 0 atom stereocenters. The van der Waals surface area contributed by atoms with Crippen molar-refractivity contribution in [2.75, 3.05) is 0 Å². The average molecular weight is 224 g/mol. The fourth-order valence-electron chi connectivity index (χ4n) is 0.514. The molecule has 0 aliphatic carbocycles. The molecule has 8 heavy (non-hydrogen) atoms. The summed E-state index contributed by atoms with van der Waals surface area (Å²) < 4.78 is 4.98. The van der Waals surface area contributed by atoms with Gasteiger partial charge < -0.3 is 4.42 Å². The van der Waals surface area contributed by atoms with Gasteiger partial charge in [0.1, 0.15) is 5.76 Å². The van der Waals surface area contributed by atoms with Crippen LogP contribution in [0.2, 0.25) is 0 Å². The minimum absolute atomic E-state index is 0. The fraction of sp³-hybridized carbons (Fsp3) is 0.333. The summed E-state index contributed by atoms with van der Waals surface area (Å²) in [4.78, 5) is 0. The number of hydrogen-bond acceptors (Lipinski definition) is 1. The van der Waals surface area contributed by atoms with Gasteiger partial charge in [-0.25, -0.2) is 0 Å². The first kappa shape index (κ1) is 8.01. The number of hydrogen-bond donors (Lipinski definition) is 0. The van der Waals surface area contributed by atoms with Crippen LogP contribution in [0.1, 0.15) is 12.7 Å². The Hall–Kier alpha value is 0.0100. The summed E-state index contributed by atoms with van der Waals surface area (Å²) >= 11 is 0. The molecule has 1 aromatic heterocycles. The third-order valence-electron chi connectivity index (χ3n) is 0.929. The van der Waals surface area contributed by atoms with Crippen molar-refractivity contribution < 1.29 is 4.42 Å². The lowest BCUT2D eigenvalue weighted by Gasteiger charge is -1.79. The van der Waals surface area contributed by atoms with Crippen molar-refractivity contribution in [3.63, 3.8) is 0 Å². The van der Waals surface area contributed by atoms with Crippen molar-refractivity contribution in [3.8, 4) is 0 Å². The topological polar surface area (TPSA) is 13.1 Å². The van der Waals surface area contributed by atoms with E-state index in [0.29, 0.717) is 0 Å². The Balaban J connectivity index is 0.000000490. The smallest absolute Gasteiger partial charge is 0.103 e. The molecule has 1 rings (SSSR count). The van der Waals surface area contributed by atoms with Gasteiger partial charge in [0.15, 0.2) is 0 Å². The maximum absolute atomic E-state index is 4.98.